The maximum atomic E-state index is 5.95. The summed E-state index contributed by atoms with van der Waals surface area (Å²) < 4.78 is 1.86. The Morgan fingerprint density at radius 1 is 0.947 bits per heavy atom. The Morgan fingerprint density at radius 3 is 1.42 bits per heavy atom. The van der Waals surface area contributed by atoms with E-state index in [0.29, 0.717) is 0 Å². The van der Waals surface area contributed by atoms with Crippen LogP contribution in [0.3, 0.4) is 0 Å². The average Bonchev–Trinajstić information content (AvgIpc) is 1.97. The van der Waals surface area contributed by atoms with Crippen molar-refractivity contribution in [3.63, 3.8) is 0 Å². The van der Waals surface area contributed by atoms with Crippen LogP contribution in [0.1, 0.15) is 6.92 Å². The molecule has 0 aliphatic rings. The number of hydrazone groups is 1. The fraction of sp³-hybridized carbons (Fsp3) is 0.833. The summed E-state index contributed by atoms with van der Waals surface area (Å²) in [6.45, 7) is 1.89. The number of rotatable bonds is 3. The van der Waals surface area contributed by atoms with E-state index >= 15 is 0 Å². The number of hydrazine groups is 1. The van der Waals surface area contributed by atoms with Crippen molar-refractivity contribution in [1.29, 1.82) is 0 Å². The zero-order valence-corrected chi connectivity index (χ0v) is 21.1. The average molecular weight is 502 g/mol. The van der Waals surface area contributed by atoms with Gasteiger partial charge in [0.05, 0.1) is 0 Å². The Bertz CT molecular complexity index is 223. The van der Waals surface area contributed by atoms with E-state index in [9.17, 15) is 0 Å². The van der Waals surface area contributed by atoms with Crippen molar-refractivity contribution in [3.05, 3.63) is 0 Å². The quantitative estimate of drug-likeness (QED) is 0.176. The van der Waals surface area contributed by atoms with E-state index in [2.05, 4.69) is 5.10 Å². The molecule has 0 spiro atoms. The van der Waals surface area contributed by atoms with Gasteiger partial charge in [-0.05, 0) is 0 Å². The molecule has 0 rings (SSSR count). The molecule has 13 heteroatoms. The van der Waals surface area contributed by atoms with E-state index in [0.717, 1.165) is 5.84 Å². The summed E-state index contributed by atoms with van der Waals surface area (Å²) in [5.41, 5.74) is 0. The third-order valence-electron chi connectivity index (χ3n) is 1.29. The Kier molecular flexibility index (Phi) is 27.0. The van der Waals surface area contributed by atoms with Gasteiger partial charge in [-0.15, -0.1) is 0 Å². The number of hydrogen-bond acceptors (Lipinski definition) is 3. The first-order valence-electron chi connectivity index (χ1n) is 4.49. The van der Waals surface area contributed by atoms with Crippen molar-refractivity contribution >= 4 is 81.7 Å². The van der Waals surface area contributed by atoms with Gasteiger partial charge in [0.15, 0.2) is 0 Å². The molecule has 0 N–H and O–H groups in total. The van der Waals surface area contributed by atoms with Gasteiger partial charge in [0.1, 0.15) is 0 Å². The largest absolute Gasteiger partial charge is 1.00 e. The molecule has 19 heavy (non-hydrogen) atoms. The first-order chi connectivity index (χ1) is 7.59. The Hall–Kier alpha value is 2.84. The predicted molar refractivity (Wildman–Crippen MR) is 83.1 cm³/mol. The summed E-state index contributed by atoms with van der Waals surface area (Å²) in [7, 11) is 34.4. The van der Waals surface area contributed by atoms with Gasteiger partial charge in [-0.25, -0.2) is 0 Å². The third-order valence-corrected chi connectivity index (χ3v) is 5.74. The Balaban J connectivity index is -0.000000165. The van der Waals surface area contributed by atoms with Crippen molar-refractivity contribution in [2.45, 2.75) is 6.92 Å². The van der Waals surface area contributed by atoms with Gasteiger partial charge in [0, 0.05) is 0 Å². The van der Waals surface area contributed by atoms with Crippen LogP contribution < -0.4 is 31.3 Å². The minimum atomic E-state index is -2.36. The SMILES string of the molecule is C/C(=N/N(C)C)[N](N(C)C)[Ga]([Cl])[Cl].[Cl-].[Cl][Ga]([Cl])[Cl].[Li+]. The van der Waals surface area contributed by atoms with Crippen LogP contribution in [0.25, 0.3) is 0 Å². The molecule has 0 aromatic rings. The second-order valence-corrected chi connectivity index (χ2v) is 22.2. The monoisotopic (exact) mass is 498 g/mol. The van der Waals surface area contributed by atoms with E-state index in [1.54, 1.807) is 5.01 Å². The fourth-order valence-electron chi connectivity index (χ4n) is 0.941. The van der Waals surface area contributed by atoms with Crippen molar-refractivity contribution in [2.24, 2.45) is 5.10 Å². The predicted octanol–water partition coefficient (Wildman–Crippen LogP) is -3.18. The fourth-order valence-corrected chi connectivity index (χ4v) is 5.66. The van der Waals surface area contributed by atoms with Gasteiger partial charge in [-0.3, -0.25) is 0 Å². The molecule has 0 unspecified atom stereocenters. The third kappa shape index (κ3) is 20.8. The molecular weight excluding hydrogens is 487 g/mol. The molecule has 0 aliphatic carbocycles. The van der Waals surface area contributed by atoms with Crippen LogP contribution in [-0.4, -0.2) is 75.4 Å². The second kappa shape index (κ2) is 17.2. The maximum absolute atomic E-state index is 5.95. The smallest absolute Gasteiger partial charge is 1.00 e. The standard InChI is InChI=1S/C6H15N4.6ClH.2Ga.Li/c1-6(7-9(2)3)8-10(4)5;;;;;;;;;/h1-5H3;6*1H;;;/q-1;;;;;;;2*+3;+1/p-6. The second-order valence-electron chi connectivity index (χ2n) is 3.21. The molecule has 0 fully saturated rings. The number of hydrogen-bond donors (Lipinski definition) is 0. The van der Waals surface area contributed by atoms with E-state index in [4.69, 9.17) is 48.2 Å². The summed E-state index contributed by atoms with van der Waals surface area (Å²) in [5.74, 6) is 0.824. The summed E-state index contributed by atoms with van der Waals surface area (Å²) in [5, 5.41) is 7.83. The zero-order valence-electron chi connectivity index (χ0n) is 11.7. The molecular formula is C6H15Cl6Ga2LiN4. The first kappa shape index (κ1) is 29.8. The maximum Gasteiger partial charge on any atom is 1.00 e. The minimum Gasteiger partial charge on any atom is 1.00 e. The normalized spacial score (nSPS) is 9.53. The summed E-state index contributed by atoms with van der Waals surface area (Å²) in [4.78, 5) is 0. The molecule has 0 saturated carbocycles. The van der Waals surface area contributed by atoms with E-state index in [1.807, 2.05) is 43.8 Å². The van der Waals surface area contributed by atoms with E-state index in [-0.39, 0.29) is 31.3 Å². The Labute approximate surface area is 165 Å². The van der Waals surface area contributed by atoms with Gasteiger partial charge >= 0.3 is 155 Å². The van der Waals surface area contributed by atoms with Crippen LogP contribution in [-0.2, 0) is 0 Å². The van der Waals surface area contributed by atoms with Crippen LogP contribution in [0.4, 0.5) is 0 Å². The summed E-state index contributed by atoms with van der Waals surface area (Å²) >= 11 is -4.43. The van der Waals surface area contributed by atoms with Crippen molar-refractivity contribution in [3.8, 4) is 0 Å². The van der Waals surface area contributed by atoms with Gasteiger partial charge in [0.25, 0.3) is 0 Å². The van der Waals surface area contributed by atoms with Crippen LogP contribution in [0.2, 0.25) is 0 Å². The minimum absolute atomic E-state index is 0. The molecule has 0 heterocycles. The van der Waals surface area contributed by atoms with E-state index < -0.39 is 27.7 Å². The molecule has 4 nitrogen and oxygen atoms in total. The van der Waals surface area contributed by atoms with Crippen molar-refractivity contribution in [2.75, 3.05) is 28.2 Å². The van der Waals surface area contributed by atoms with Crippen molar-refractivity contribution in [1.82, 2.24) is 13.7 Å². The molecule has 0 radical (unpaired) electrons. The number of nitrogens with zero attached hydrogens (tertiary/aromatic N) is 4. The topological polar surface area (TPSA) is 22.1 Å². The van der Waals surface area contributed by atoms with Gasteiger partial charge in [0.2, 0.25) is 0 Å². The molecule has 0 aromatic carbocycles. The molecule has 0 bridgehead atoms. The molecule has 0 amide bonds. The van der Waals surface area contributed by atoms with Gasteiger partial charge in [-0.2, -0.15) is 0 Å². The van der Waals surface area contributed by atoms with Crippen LogP contribution in [0.15, 0.2) is 5.10 Å². The molecule has 0 aromatic heterocycles. The molecule has 0 aliphatic heterocycles. The number of amidine groups is 1. The van der Waals surface area contributed by atoms with Crippen LogP contribution in [0.5, 0.6) is 0 Å². The van der Waals surface area contributed by atoms with Gasteiger partial charge in [-0.1, -0.05) is 0 Å². The molecule has 0 saturated heterocycles. The van der Waals surface area contributed by atoms with Crippen LogP contribution >= 0.6 is 48.2 Å². The molecule has 108 valence electrons. The number of halogens is 6. The molecule has 0 atom stereocenters. The Morgan fingerprint density at radius 2 is 1.26 bits per heavy atom. The van der Waals surface area contributed by atoms with Crippen LogP contribution in [0, 0.1) is 0 Å². The first-order valence-corrected chi connectivity index (χ1v) is 21.5. The van der Waals surface area contributed by atoms with Crippen molar-refractivity contribution < 1.29 is 31.3 Å². The summed E-state index contributed by atoms with van der Waals surface area (Å²) in [6.07, 6.45) is 0. The summed E-state index contributed by atoms with van der Waals surface area (Å²) in [6, 6.07) is 0. The van der Waals surface area contributed by atoms with Gasteiger partial charge < -0.3 is 12.4 Å². The zero-order chi connectivity index (χ0) is 14.2. The van der Waals surface area contributed by atoms with E-state index in [1.165, 1.54) is 0 Å².